The van der Waals surface area contributed by atoms with Crippen LogP contribution in [0.25, 0.3) is 0 Å². The van der Waals surface area contributed by atoms with Crippen molar-refractivity contribution in [3.63, 3.8) is 0 Å². The van der Waals surface area contributed by atoms with Gasteiger partial charge in [-0.1, -0.05) is 0 Å². The molecule has 0 saturated carbocycles. The zero-order valence-electron chi connectivity index (χ0n) is 15.9. The zero-order chi connectivity index (χ0) is 18.0. The molecular weight excluding hydrogens is 318 g/mol. The van der Waals surface area contributed by atoms with Crippen molar-refractivity contribution in [1.82, 2.24) is 14.7 Å². The van der Waals surface area contributed by atoms with Gasteiger partial charge < -0.3 is 14.5 Å². The van der Waals surface area contributed by atoms with E-state index in [0.29, 0.717) is 19.0 Å². The lowest BCUT2D eigenvalue weighted by Gasteiger charge is -2.40. The predicted octanol–water partition coefficient (Wildman–Crippen LogP) is 1.35. The number of hydrogen-bond acceptors (Lipinski definition) is 4. The first-order valence-electron chi connectivity index (χ1n) is 9.92. The number of nitrogens with zero attached hydrogens (tertiary/aromatic N) is 3. The first-order valence-corrected chi connectivity index (χ1v) is 9.92. The highest BCUT2D eigenvalue weighted by atomic mass is 16.5. The Hall–Kier alpha value is -1.14. The van der Waals surface area contributed by atoms with E-state index in [0.717, 1.165) is 51.9 Å². The average molecular weight is 351 g/mol. The van der Waals surface area contributed by atoms with Crippen LogP contribution in [0.4, 0.5) is 0 Å². The Bertz CT molecular complexity index is 474. The Morgan fingerprint density at radius 2 is 1.48 bits per heavy atom. The maximum absolute atomic E-state index is 12.9. The highest BCUT2D eigenvalue weighted by Crippen LogP contribution is 2.24. The van der Waals surface area contributed by atoms with E-state index in [2.05, 4.69) is 4.90 Å². The molecule has 25 heavy (non-hydrogen) atoms. The van der Waals surface area contributed by atoms with Crippen LogP contribution < -0.4 is 0 Å². The molecule has 0 aromatic rings. The van der Waals surface area contributed by atoms with Crippen LogP contribution in [0, 0.1) is 5.92 Å². The first kappa shape index (κ1) is 18.6. The molecule has 3 aliphatic heterocycles. The predicted molar refractivity (Wildman–Crippen MR) is 96.2 cm³/mol. The van der Waals surface area contributed by atoms with Crippen LogP contribution in [0.5, 0.6) is 0 Å². The molecule has 3 heterocycles. The van der Waals surface area contributed by atoms with Crippen LogP contribution in [0.1, 0.15) is 46.5 Å². The normalized spacial score (nSPS) is 30.5. The Morgan fingerprint density at radius 1 is 0.920 bits per heavy atom. The van der Waals surface area contributed by atoms with E-state index in [1.165, 1.54) is 0 Å². The van der Waals surface area contributed by atoms with Crippen molar-refractivity contribution in [1.29, 1.82) is 0 Å². The number of hydrogen-bond donors (Lipinski definition) is 0. The maximum Gasteiger partial charge on any atom is 0.239 e. The number of carbonyl (C=O) groups is 2. The standard InChI is InChI=1S/C19H33N3O3/c1-14-12-22(13-15(2)25-14)18(23)16(3)20-10-6-17(7-11-20)19(24)21-8-4-5-9-21/h14-17H,4-13H2,1-3H3. The molecule has 6 heteroatoms. The van der Waals surface area contributed by atoms with Crippen LogP contribution in [0.3, 0.4) is 0 Å². The Morgan fingerprint density at radius 3 is 2.04 bits per heavy atom. The molecule has 142 valence electrons. The third-order valence-electron chi connectivity index (χ3n) is 5.93. The lowest BCUT2D eigenvalue weighted by Crippen LogP contribution is -2.55. The maximum atomic E-state index is 12.9. The van der Waals surface area contributed by atoms with E-state index >= 15 is 0 Å². The average Bonchev–Trinajstić information content (AvgIpc) is 3.14. The van der Waals surface area contributed by atoms with E-state index in [-0.39, 0.29) is 30.1 Å². The van der Waals surface area contributed by atoms with Crippen LogP contribution >= 0.6 is 0 Å². The first-order chi connectivity index (χ1) is 12.0. The van der Waals surface area contributed by atoms with Crippen molar-refractivity contribution in [2.45, 2.75) is 64.7 Å². The molecule has 3 aliphatic rings. The summed E-state index contributed by atoms with van der Waals surface area (Å²) in [4.78, 5) is 31.6. The van der Waals surface area contributed by atoms with Crippen molar-refractivity contribution in [2.75, 3.05) is 39.3 Å². The van der Waals surface area contributed by atoms with Crippen LogP contribution in [-0.2, 0) is 14.3 Å². The summed E-state index contributed by atoms with van der Waals surface area (Å²) in [5.41, 5.74) is 0. The summed E-state index contributed by atoms with van der Waals surface area (Å²) in [5, 5.41) is 0. The van der Waals surface area contributed by atoms with Crippen LogP contribution in [-0.4, -0.2) is 84.0 Å². The fraction of sp³-hybridized carbons (Fsp3) is 0.895. The zero-order valence-corrected chi connectivity index (χ0v) is 15.9. The van der Waals surface area contributed by atoms with Gasteiger partial charge in [-0.3, -0.25) is 14.5 Å². The molecule has 6 nitrogen and oxygen atoms in total. The van der Waals surface area contributed by atoms with E-state index in [9.17, 15) is 9.59 Å². The van der Waals surface area contributed by atoms with Gasteiger partial charge in [0.05, 0.1) is 18.2 Å². The van der Waals surface area contributed by atoms with Crippen molar-refractivity contribution in [3.8, 4) is 0 Å². The van der Waals surface area contributed by atoms with Gasteiger partial charge >= 0.3 is 0 Å². The lowest BCUT2D eigenvalue weighted by atomic mass is 9.94. The van der Waals surface area contributed by atoms with E-state index in [4.69, 9.17) is 4.74 Å². The summed E-state index contributed by atoms with van der Waals surface area (Å²) in [7, 11) is 0. The number of likely N-dealkylation sites (tertiary alicyclic amines) is 2. The quantitative estimate of drug-likeness (QED) is 0.770. The number of piperidine rings is 1. The molecular formula is C19H33N3O3. The second-order valence-electron chi connectivity index (χ2n) is 8.02. The highest BCUT2D eigenvalue weighted by Gasteiger charge is 2.35. The summed E-state index contributed by atoms with van der Waals surface area (Å²) in [6, 6.07) is -0.111. The van der Waals surface area contributed by atoms with Crippen molar-refractivity contribution in [3.05, 3.63) is 0 Å². The minimum atomic E-state index is -0.111. The topological polar surface area (TPSA) is 53.1 Å². The number of morpholine rings is 1. The summed E-state index contributed by atoms with van der Waals surface area (Å²) in [6.07, 6.45) is 4.25. The minimum absolute atomic E-state index is 0.101. The highest BCUT2D eigenvalue weighted by molar-refractivity contribution is 5.82. The Balaban J connectivity index is 1.50. The Kier molecular flexibility index (Phi) is 6.00. The van der Waals surface area contributed by atoms with Crippen molar-refractivity contribution >= 4 is 11.8 Å². The molecule has 0 aromatic heterocycles. The van der Waals surface area contributed by atoms with Gasteiger partial charge in [0.2, 0.25) is 11.8 Å². The SMILES string of the molecule is CC1CN(C(=O)C(C)N2CCC(C(=O)N3CCCC3)CC2)CC(C)O1. The smallest absolute Gasteiger partial charge is 0.239 e. The van der Waals surface area contributed by atoms with Gasteiger partial charge in [-0.25, -0.2) is 0 Å². The molecule has 3 unspecified atom stereocenters. The molecule has 0 spiro atoms. The van der Waals surface area contributed by atoms with Gasteiger partial charge in [0.1, 0.15) is 0 Å². The molecule has 3 saturated heterocycles. The van der Waals surface area contributed by atoms with Crippen molar-refractivity contribution < 1.29 is 14.3 Å². The molecule has 0 bridgehead atoms. The molecule has 0 aromatic carbocycles. The second kappa shape index (κ2) is 8.04. The summed E-state index contributed by atoms with van der Waals surface area (Å²) in [5.74, 6) is 0.693. The minimum Gasteiger partial charge on any atom is -0.372 e. The number of ether oxygens (including phenoxy) is 1. The fourth-order valence-corrected chi connectivity index (χ4v) is 4.51. The summed E-state index contributed by atoms with van der Waals surface area (Å²) in [6.45, 7) is 11.0. The molecule has 3 rings (SSSR count). The summed E-state index contributed by atoms with van der Waals surface area (Å²) < 4.78 is 5.73. The third-order valence-corrected chi connectivity index (χ3v) is 5.93. The number of carbonyl (C=O) groups excluding carboxylic acids is 2. The molecule has 3 fully saturated rings. The van der Waals surface area contributed by atoms with Gasteiger partial charge in [-0.15, -0.1) is 0 Å². The van der Waals surface area contributed by atoms with Gasteiger partial charge in [-0.2, -0.15) is 0 Å². The third kappa shape index (κ3) is 4.34. The van der Waals surface area contributed by atoms with Crippen LogP contribution in [0.2, 0.25) is 0 Å². The van der Waals surface area contributed by atoms with Crippen LogP contribution in [0.15, 0.2) is 0 Å². The van der Waals surface area contributed by atoms with Gasteiger partial charge in [0, 0.05) is 32.1 Å². The van der Waals surface area contributed by atoms with Gasteiger partial charge in [0.15, 0.2) is 0 Å². The van der Waals surface area contributed by atoms with Crippen molar-refractivity contribution in [2.24, 2.45) is 5.92 Å². The van der Waals surface area contributed by atoms with Gasteiger partial charge in [0.25, 0.3) is 0 Å². The van der Waals surface area contributed by atoms with E-state index < -0.39 is 0 Å². The molecule has 0 N–H and O–H groups in total. The number of amides is 2. The molecule has 0 radical (unpaired) electrons. The Labute approximate surface area is 151 Å². The fourth-order valence-electron chi connectivity index (χ4n) is 4.51. The van der Waals surface area contributed by atoms with E-state index in [1.54, 1.807) is 0 Å². The molecule has 0 aliphatic carbocycles. The lowest BCUT2D eigenvalue weighted by molar-refractivity contribution is -0.149. The molecule has 2 amide bonds. The number of rotatable bonds is 3. The monoisotopic (exact) mass is 351 g/mol. The van der Waals surface area contributed by atoms with E-state index in [1.807, 2.05) is 30.6 Å². The largest absolute Gasteiger partial charge is 0.372 e. The molecule has 3 atom stereocenters. The van der Waals surface area contributed by atoms with Gasteiger partial charge in [-0.05, 0) is 59.5 Å². The second-order valence-corrected chi connectivity index (χ2v) is 8.02. The summed E-state index contributed by atoms with van der Waals surface area (Å²) >= 11 is 0.